The molecule has 24 heavy (non-hydrogen) atoms. The topological polar surface area (TPSA) is 68.3 Å². The van der Waals surface area contributed by atoms with E-state index in [-0.39, 0.29) is 18.0 Å². The van der Waals surface area contributed by atoms with Crippen LogP contribution in [0, 0.1) is 0 Å². The van der Waals surface area contributed by atoms with Gasteiger partial charge in [-0.25, -0.2) is 4.79 Å². The summed E-state index contributed by atoms with van der Waals surface area (Å²) in [6, 6.07) is 20.6. The van der Waals surface area contributed by atoms with E-state index in [1.807, 2.05) is 60.7 Å². The lowest BCUT2D eigenvalue weighted by Crippen LogP contribution is -2.01. The van der Waals surface area contributed by atoms with Gasteiger partial charge in [-0.3, -0.25) is 0 Å². The molecule has 1 heterocycles. The molecule has 4 aromatic rings. The van der Waals surface area contributed by atoms with Crippen LogP contribution in [0.1, 0.15) is 0 Å². The standard InChI is InChI=1S/C19H14N2O2.ClH/c20-13-6-8-14(9-7-13)21-17-11-18(22)23-19-15-4-2-1-3-12(15)5-10-16(17)19;/h1-11,21H,20H2;1H. The van der Waals surface area contributed by atoms with E-state index in [4.69, 9.17) is 10.2 Å². The van der Waals surface area contributed by atoms with Crippen LogP contribution in [0.15, 0.2) is 75.9 Å². The third kappa shape index (κ3) is 2.79. The van der Waals surface area contributed by atoms with Gasteiger partial charge in [0, 0.05) is 28.2 Å². The summed E-state index contributed by atoms with van der Waals surface area (Å²) in [5.74, 6) is 0. The molecule has 0 spiro atoms. The van der Waals surface area contributed by atoms with E-state index in [9.17, 15) is 4.79 Å². The van der Waals surface area contributed by atoms with Gasteiger partial charge >= 0.3 is 5.63 Å². The molecular formula is C19H15ClN2O2. The summed E-state index contributed by atoms with van der Waals surface area (Å²) >= 11 is 0. The summed E-state index contributed by atoms with van der Waals surface area (Å²) in [4.78, 5) is 12.0. The number of rotatable bonds is 2. The molecule has 5 heteroatoms. The van der Waals surface area contributed by atoms with Crippen LogP contribution in [-0.2, 0) is 0 Å². The van der Waals surface area contributed by atoms with Crippen LogP contribution in [0.2, 0.25) is 0 Å². The van der Waals surface area contributed by atoms with Crippen molar-refractivity contribution in [3.8, 4) is 0 Å². The molecular weight excluding hydrogens is 324 g/mol. The average molecular weight is 339 g/mol. The molecule has 4 nitrogen and oxygen atoms in total. The molecule has 0 bridgehead atoms. The summed E-state index contributed by atoms with van der Waals surface area (Å²) < 4.78 is 5.46. The summed E-state index contributed by atoms with van der Waals surface area (Å²) in [5, 5.41) is 6.08. The lowest BCUT2D eigenvalue weighted by Gasteiger charge is -2.10. The van der Waals surface area contributed by atoms with Gasteiger partial charge in [-0.15, -0.1) is 12.4 Å². The Kier molecular flexibility index (Phi) is 4.15. The van der Waals surface area contributed by atoms with Crippen LogP contribution in [0.3, 0.4) is 0 Å². The fraction of sp³-hybridized carbons (Fsp3) is 0. The van der Waals surface area contributed by atoms with Crippen molar-refractivity contribution in [2.24, 2.45) is 0 Å². The summed E-state index contributed by atoms with van der Waals surface area (Å²) in [7, 11) is 0. The first-order valence-corrected chi connectivity index (χ1v) is 7.29. The number of hydrogen-bond donors (Lipinski definition) is 2. The lowest BCUT2D eigenvalue weighted by atomic mass is 10.1. The van der Waals surface area contributed by atoms with Crippen molar-refractivity contribution in [3.05, 3.63) is 77.2 Å². The number of benzene rings is 3. The second-order valence-corrected chi connectivity index (χ2v) is 5.39. The first-order chi connectivity index (χ1) is 11.2. The van der Waals surface area contributed by atoms with Gasteiger partial charge in [-0.05, 0) is 35.7 Å². The Morgan fingerprint density at radius 2 is 1.62 bits per heavy atom. The maximum absolute atomic E-state index is 12.0. The molecule has 120 valence electrons. The molecule has 0 radical (unpaired) electrons. The van der Waals surface area contributed by atoms with Gasteiger partial charge < -0.3 is 15.5 Å². The second-order valence-electron chi connectivity index (χ2n) is 5.39. The first kappa shape index (κ1) is 15.9. The Labute approximate surface area is 144 Å². The molecule has 3 N–H and O–H groups in total. The highest BCUT2D eigenvalue weighted by Crippen LogP contribution is 2.30. The van der Waals surface area contributed by atoms with E-state index in [0.29, 0.717) is 17.0 Å². The van der Waals surface area contributed by atoms with Gasteiger partial charge in [0.2, 0.25) is 0 Å². The third-order valence-electron chi connectivity index (χ3n) is 3.82. The molecule has 0 aliphatic carbocycles. The van der Waals surface area contributed by atoms with Crippen LogP contribution in [-0.4, -0.2) is 0 Å². The summed E-state index contributed by atoms with van der Waals surface area (Å²) in [6.45, 7) is 0. The van der Waals surface area contributed by atoms with Gasteiger partial charge in [0.25, 0.3) is 0 Å². The molecule has 0 amide bonds. The van der Waals surface area contributed by atoms with Crippen LogP contribution in [0.4, 0.5) is 17.1 Å². The van der Waals surface area contributed by atoms with E-state index >= 15 is 0 Å². The largest absolute Gasteiger partial charge is 0.422 e. The van der Waals surface area contributed by atoms with E-state index in [1.54, 1.807) is 0 Å². The molecule has 4 rings (SSSR count). The molecule has 0 aliphatic heterocycles. The van der Waals surface area contributed by atoms with Crippen molar-refractivity contribution in [1.29, 1.82) is 0 Å². The van der Waals surface area contributed by atoms with E-state index < -0.39 is 0 Å². The zero-order valence-electron chi connectivity index (χ0n) is 12.7. The molecule has 0 atom stereocenters. The predicted molar refractivity (Wildman–Crippen MR) is 101 cm³/mol. The Balaban J connectivity index is 0.00000169. The summed E-state index contributed by atoms with van der Waals surface area (Å²) in [6.07, 6.45) is 0. The molecule has 0 aliphatic rings. The van der Waals surface area contributed by atoms with E-state index in [2.05, 4.69) is 5.32 Å². The molecule has 0 saturated heterocycles. The highest BCUT2D eigenvalue weighted by molar-refractivity contribution is 6.08. The lowest BCUT2D eigenvalue weighted by molar-refractivity contribution is 0.565. The number of fused-ring (bicyclic) bond motifs is 3. The van der Waals surface area contributed by atoms with Crippen molar-refractivity contribution in [2.75, 3.05) is 11.1 Å². The van der Waals surface area contributed by atoms with Gasteiger partial charge in [0.15, 0.2) is 0 Å². The van der Waals surface area contributed by atoms with Crippen molar-refractivity contribution in [3.63, 3.8) is 0 Å². The van der Waals surface area contributed by atoms with Crippen molar-refractivity contribution >= 4 is 51.2 Å². The maximum Gasteiger partial charge on any atom is 0.338 e. The minimum Gasteiger partial charge on any atom is -0.422 e. The number of nitrogens with one attached hydrogen (secondary N) is 1. The number of hydrogen-bond acceptors (Lipinski definition) is 4. The van der Waals surface area contributed by atoms with Crippen LogP contribution in [0.5, 0.6) is 0 Å². The first-order valence-electron chi connectivity index (χ1n) is 7.29. The monoisotopic (exact) mass is 338 g/mol. The van der Waals surface area contributed by atoms with Crippen LogP contribution < -0.4 is 16.7 Å². The van der Waals surface area contributed by atoms with E-state index in [1.165, 1.54) is 6.07 Å². The maximum atomic E-state index is 12.0. The molecule has 1 aromatic heterocycles. The fourth-order valence-corrected chi connectivity index (χ4v) is 2.72. The number of halogens is 1. The van der Waals surface area contributed by atoms with Crippen LogP contribution in [0.25, 0.3) is 21.7 Å². The minimum absolute atomic E-state index is 0. The van der Waals surface area contributed by atoms with Crippen molar-refractivity contribution < 1.29 is 4.42 Å². The number of nitrogens with two attached hydrogens (primary N) is 1. The highest BCUT2D eigenvalue weighted by Gasteiger charge is 2.09. The SMILES string of the molecule is Cl.Nc1ccc(Nc2cc(=O)oc3c2ccc2ccccc23)cc1. The van der Waals surface area contributed by atoms with Gasteiger partial charge in [-0.2, -0.15) is 0 Å². The molecule has 0 fully saturated rings. The summed E-state index contributed by atoms with van der Waals surface area (Å²) in [5.41, 5.74) is 8.18. The Bertz CT molecular complexity index is 1070. The zero-order valence-corrected chi connectivity index (χ0v) is 13.5. The van der Waals surface area contributed by atoms with Crippen molar-refractivity contribution in [2.45, 2.75) is 0 Å². The highest BCUT2D eigenvalue weighted by atomic mass is 35.5. The van der Waals surface area contributed by atoms with Crippen LogP contribution >= 0.6 is 12.4 Å². The Morgan fingerprint density at radius 3 is 2.42 bits per heavy atom. The van der Waals surface area contributed by atoms with E-state index in [0.717, 1.165) is 21.8 Å². The molecule has 0 saturated carbocycles. The minimum atomic E-state index is -0.383. The second kappa shape index (κ2) is 6.26. The number of anilines is 3. The van der Waals surface area contributed by atoms with Crippen molar-refractivity contribution in [1.82, 2.24) is 0 Å². The Morgan fingerprint density at radius 1 is 0.875 bits per heavy atom. The third-order valence-corrected chi connectivity index (χ3v) is 3.82. The molecule has 3 aromatic carbocycles. The fourth-order valence-electron chi connectivity index (χ4n) is 2.72. The van der Waals surface area contributed by atoms with Gasteiger partial charge in [0.1, 0.15) is 5.58 Å². The zero-order chi connectivity index (χ0) is 15.8. The number of nitrogen functional groups attached to an aromatic ring is 1. The smallest absolute Gasteiger partial charge is 0.338 e. The van der Waals surface area contributed by atoms with Gasteiger partial charge in [-0.1, -0.05) is 30.3 Å². The predicted octanol–water partition coefficient (Wildman–Crippen LogP) is 4.69. The Hall–Kier alpha value is -2.98. The quantitative estimate of drug-likeness (QED) is 0.316. The molecule has 0 unspecified atom stereocenters. The average Bonchev–Trinajstić information content (AvgIpc) is 2.57. The van der Waals surface area contributed by atoms with Gasteiger partial charge in [0.05, 0.1) is 5.69 Å². The normalized spacial score (nSPS) is 10.5.